The number of amides is 1. The fourth-order valence-corrected chi connectivity index (χ4v) is 3.81. The number of pyridine rings is 1. The molecule has 0 spiro atoms. The van der Waals surface area contributed by atoms with Crippen molar-refractivity contribution in [3.8, 4) is 5.75 Å². The maximum absolute atomic E-state index is 13.2. The van der Waals surface area contributed by atoms with Crippen molar-refractivity contribution >= 4 is 16.8 Å². The van der Waals surface area contributed by atoms with E-state index in [1.54, 1.807) is 11.0 Å². The SMILES string of the molecule is COc1ccccc1Cc1nn(CC(F)(F)F)c2cc(C(=O)N3CCCOCC3)ncc12. The number of rotatable bonds is 5. The molecule has 1 amide bonds. The number of methoxy groups -OCH3 is 1. The lowest BCUT2D eigenvalue weighted by Gasteiger charge is -2.19. The van der Waals surface area contributed by atoms with Crippen LogP contribution < -0.4 is 4.74 Å². The quantitative estimate of drug-likeness (QED) is 0.598. The van der Waals surface area contributed by atoms with Gasteiger partial charge in [-0.2, -0.15) is 18.3 Å². The summed E-state index contributed by atoms with van der Waals surface area (Å²) >= 11 is 0. The highest BCUT2D eigenvalue weighted by atomic mass is 19.4. The first kappa shape index (κ1) is 22.1. The number of para-hydroxylation sites is 1. The van der Waals surface area contributed by atoms with E-state index in [4.69, 9.17) is 9.47 Å². The van der Waals surface area contributed by atoms with E-state index in [0.717, 1.165) is 10.2 Å². The van der Waals surface area contributed by atoms with Crippen LogP contribution in [-0.2, 0) is 17.7 Å². The summed E-state index contributed by atoms with van der Waals surface area (Å²) in [4.78, 5) is 18.8. The number of nitrogens with zero attached hydrogens (tertiary/aromatic N) is 4. The summed E-state index contributed by atoms with van der Waals surface area (Å²) in [5, 5.41) is 4.70. The number of benzene rings is 1. The van der Waals surface area contributed by atoms with E-state index >= 15 is 0 Å². The first-order valence-corrected chi connectivity index (χ1v) is 10.3. The van der Waals surface area contributed by atoms with Gasteiger partial charge in [0.15, 0.2) is 0 Å². The van der Waals surface area contributed by atoms with Gasteiger partial charge in [0.25, 0.3) is 5.91 Å². The molecule has 7 nitrogen and oxygen atoms in total. The van der Waals surface area contributed by atoms with Crippen molar-refractivity contribution in [1.82, 2.24) is 19.7 Å². The Balaban J connectivity index is 1.73. The molecule has 0 atom stereocenters. The summed E-state index contributed by atoms with van der Waals surface area (Å²) in [6.07, 6.45) is -2.06. The van der Waals surface area contributed by atoms with Crippen LogP contribution in [0, 0.1) is 0 Å². The van der Waals surface area contributed by atoms with Crippen LogP contribution in [0.1, 0.15) is 28.2 Å². The number of alkyl halides is 3. The molecule has 0 bridgehead atoms. The van der Waals surface area contributed by atoms with Gasteiger partial charge in [-0.15, -0.1) is 0 Å². The molecule has 1 fully saturated rings. The van der Waals surface area contributed by atoms with Crippen LogP contribution in [0.5, 0.6) is 5.75 Å². The van der Waals surface area contributed by atoms with E-state index in [0.29, 0.717) is 49.6 Å². The summed E-state index contributed by atoms with van der Waals surface area (Å²) in [5.74, 6) is 0.289. The largest absolute Gasteiger partial charge is 0.496 e. The van der Waals surface area contributed by atoms with Gasteiger partial charge >= 0.3 is 6.18 Å². The van der Waals surface area contributed by atoms with Gasteiger partial charge in [-0.25, -0.2) is 0 Å². The Kier molecular flexibility index (Phi) is 6.31. The number of carbonyl (C=O) groups excluding carboxylic acids is 1. The van der Waals surface area contributed by atoms with Gasteiger partial charge < -0.3 is 14.4 Å². The molecule has 1 aliphatic rings. The topological polar surface area (TPSA) is 69.5 Å². The predicted molar refractivity (Wildman–Crippen MR) is 111 cm³/mol. The maximum Gasteiger partial charge on any atom is 0.408 e. The van der Waals surface area contributed by atoms with E-state index < -0.39 is 12.7 Å². The molecular formula is C22H23F3N4O3. The summed E-state index contributed by atoms with van der Waals surface area (Å²) < 4.78 is 51.3. The van der Waals surface area contributed by atoms with Crippen molar-refractivity contribution < 1.29 is 27.4 Å². The summed E-state index contributed by atoms with van der Waals surface area (Å²) in [6, 6.07) is 8.65. The molecule has 3 heterocycles. The van der Waals surface area contributed by atoms with Crippen LogP contribution in [-0.4, -0.2) is 65.2 Å². The second-order valence-corrected chi connectivity index (χ2v) is 7.55. The summed E-state index contributed by atoms with van der Waals surface area (Å²) in [6.45, 7) is 0.660. The second kappa shape index (κ2) is 9.15. The van der Waals surface area contributed by atoms with Crippen molar-refractivity contribution in [2.24, 2.45) is 0 Å². The Morgan fingerprint density at radius 2 is 2.03 bits per heavy atom. The fourth-order valence-electron chi connectivity index (χ4n) is 3.81. The van der Waals surface area contributed by atoms with E-state index in [2.05, 4.69) is 10.1 Å². The minimum absolute atomic E-state index is 0.0894. The second-order valence-electron chi connectivity index (χ2n) is 7.55. The standard InChI is InChI=1S/C22H23F3N4O3/c1-31-20-6-3-2-5-15(20)11-17-16-13-26-18(21(30)28-7-4-9-32-10-8-28)12-19(16)29(27-17)14-22(23,24)25/h2-3,5-6,12-13H,4,7-11,14H2,1H3. The minimum atomic E-state index is -4.46. The normalized spacial score (nSPS) is 15.1. The smallest absolute Gasteiger partial charge is 0.408 e. The molecule has 32 heavy (non-hydrogen) atoms. The molecular weight excluding hydrogens is 425 g/mol. The zero-order chi connectivity index (χ0) is 22.7. The third kappa shape index (κ3) is 4.85. The van der Waals surface area contributed by atoms with Crippen LogP contribution in [0.2, 0.25) is 0 Å². The Morgan fingerprint density at radius 3 is 2.81 bits per heavy atom. The van der Waals surface area contributed by atoms with Crippen molar-refractivity contribution in [3.05, 3.63) is 53.5 Å². The van der Waals surface area contributed by atoms with Crippen LogP contribution in [0.25, 0.3) is 10.9 Å². The molecule has 0 unspecified atom stereocenters. The van der Waals surface area contributed by atoms with Crippen molar-refractivity contribution in [2.45, 2.75) is 25.6 Å². The zero-order valence-electron chi connectivity index (χ0n) is 17.6. The third-order valence-electron chi connectivity index (χ3n) is 5.32. The number of carbonyl (C=O) groups is 1. The molecule has 3 aromatic rings. The first-order valence-electron chi connectivity index (χ1n) is 10.3. The van der Waals surface area contributed by atoms with Gasteiger partial charge in [0, 0.05) is 43.3 Å². The molecule has 1 aromatic carbocycles. The molecule has 0 aliphatic carbocycles. The Hall–Kier alpha value is -3.14. The lowest BCUT2D eigenvalue weighted by molar-refractivity contribution is -0.141. The van der Waals surface area contributed by atoms with Gasteiger partial charge in [0.2, 0.25) is 0 Å². The minimum Gasteiger partial charge on any atom is -0.496 e. The molecule has 0 saturated carbocycles. The summed E-state index contributed by atoms with van der Waals surface area (Å²) in [7, 11) is 1.53. The lowest BCUT2D eigenvalue weighted by Crippen LogP contribution is -2.33. The van der Waals surface area contributed by atoms with E-state index in [-0.39, 0.29) is 23.5 Å². The Labute approximate surface area is 182 Å². The molecule has 0 radical (unpaired) electrons. The van der Waals surface area contributed by atoms with Gasteiger partial charge in [0.1, 0.15) is 18.0 Å². The first-order chi connectivity index (χ1) is 15.4. The van der Waals surface area contributed by atoms with Crippen molar-refractivity contribution in [3.63, 3.8) is 0 Å². The molecule has 1 aliphatic heterocycles. The third-order valence-corrected chi connectivity index (χ3v) is 5.32. The average Bonchev–Trinajstić information content (AvgIpc) is 2.94. The number of hydrogen-bond acceptors (Lipinski definition) is 5. The van der Waals surface area contributed by atoms with Crippen LogP contribution in [0.15, 0.2) is 36.5 Å². The number of hydrogen-bond donors (Lipinski definition) is 0. The highest BCUT2D eigenvalue weighted by Gasteiger charge is 2.30. The van der Waals surface area contributed by atoms with Crippen LogP contribution in [0.4, 0.5) is 13.2 Å². The number of halogens is 3. The van der Waals surface area contributed by atoms with E-state index in [1.807, 2.05) is 18.2 Å². The number of ether oxygens (including phenoxy) is 2. The van der Waals surface area contributed by atoms with E-state index in [9.17, 15) is 18.0 Å². The van der Waals surface area contributed by atoms with Crippen molar-refractivity contribution in [2.75, 3.05) is 33.4 Å². The molecule has 4 rings (SSSR count). The van der Waals surface area contributed by atoms with Crippen molar-refractivity contribution in [1.29, 1.82) is 0 Å². The maximum atomic E-state index is 13.2. The average molecular weight is 448 g/mol. The highest BCUT2D eigenvalue weighted by molar-refractivity contribution is 5.96. The predicted octanol–water partition coefficient (Wildman–Crippen LogP) is 3.46. The van der Waals surface area contributed by atoms with E-state index in [1.165, 1.54) is 19.4 Å². The monoisotopic (exact) mass is 448 g/mol. The van der Waals surface area contributed by atoms with Crippen LogP contribution >= 0.6 is 0 Å². The molecule has 0 N–H and O–H groups in total. The molecule has 2 aromatic heterocycles. The van der Waals surface area contributed by atoms with Gasteiger partial charge in [-0.3, -0.25) is 14.5 Å². The van der Waals surface area contributed by atoms with Gasteiger partial charge in [-0.1, -0.05) is 18.2 Å². The number of aromatic nitrogens is 3. The summed E-state index contributed by atoms with van der Waals surface area (Å²) in [5.41, 5.74) is 1.53. The molecule has 170 valence electrons. The zero-order valence-corrected chi connectivity index (χ0v) is 17.6. The fraction of sp³-hybridized carbons (Fsp3) is 0.409. The molecule has 10 heteroatoms. The van der Waals surface area contributed by atoms with Gasteiger partial charge in [0.05, 0.1) is 24.9 Å². The Morgan fingerprint density at radius 1 is 1.22 bits per heavy atom. The van der Waals surface area contributed by atoms with Crippen LogP contribution in [0.3, 0.4) is 0 Å². The Bertz CT molecular complexity index is 1110. The lowest BCUT2D eigenvalue weighted by atomic mass is 10.1. The molecule has 1 saturated heterocycles. The number of fused-ring (bicyclic) bond motifs is 1. The highest BCUT2D eigenvalue weighted by Crippen LogP contribution is 2.28. The van der Waals surface area contributed by atoms with Gasteiger partial charge in [-0.05, 0) is 18.6 Å².